The number of thioether (sulfide) groups is 1. The van der Waals surface area contributed by atoms with Crippen LogP contribution in [0.4, 0.5) is 0 Å². The fraction of sp³-hybridized carbons (Fsp3) is 0.294. The van der Waals surface area contributed by atoms with Crippen molar-refractivity contribution in [3.05, 3.63) is 65.2 Å². The first-order valence-electron chi connectivity index (χ1n) is 6.86. The summed E-state index contributed by atoms with van der Waals surface area (Å²) in [7, 11) is 0. The van der Waals surface area contributed by atoms with E-state index in [0.717, 1.165) is 0 Å². The van der Waals surface area contributed by atoms with Crippen molar-refractivity contribution in [3.63, 3.8) is 0 Å². The Balaban J connectivity index is 2.36. The molecule has 0 heterocycles. The maximum absolute atomic E-state index is 5.80. The standard InChI is InChI=1S/C17H22N2S/c1-12(2)13-8-10-14(11-9-13)17(19-18)15-6-4-5-7-16(15)20-3/h4-12,17,19H,18H2,1-3H3. The molecule has 2 rings (SSSR count). The second-order valence-electron chi connectivity index (χ2n) is 5.16. The van der Waals surface area contributed by atoms with Crippen molar-refractivity contribution in [2.24, 2.45) is 5.84 Å². The van der Waals surface area contributed by atoms with Gasteiger partial charge in [-0.15, -0.1) is 11.8 Å². The molecule has 2 aromatic rings. The highest BCUT2D eigenvalue weighted by Crippen LogP contribution is 2.30. The van der Waals surface area contributed by atoms with Crippen LogP contribution < -0.4 is 11.3 Å². The van der Waals surface area contributed by atoms with Gasteiger partial charge in [0.1, 0.15) is 0 Å². The van der Waals surface area contributed by atoms with Gasteiger partial charge in [-0.05, 0) is 34.9 Å². The maximum atomic E-state index is 5.80. The summed E-state index contributed by atoms with van der Waals surface area (Å²) in [4.78, 5) is 1.25. The molecule has 2 aromatic carbocycles. The monoisotopic (exact) mass is 286 g/mol. The number of hydrazine groups is 1. The van der Waals surface area contributed by atoms with Crippen LogP contribution in [-0.4, -0.2) is 6.26 Å². The third kappa shape index (κ3) is 3.23. The minimum absolute atomic E-state index is 0.0277. The average Bonchev–Trinajstić information content (AvgIpc) is 2.49. The number of rotatable bonds is 5. The van der Waals surface area contributed by atoms with Crippen LogP contribution in [0.15, 0.2) is 53.4 Å². The molecule has 0 amide bonds. The first-order valence-corrected chi connectivity index (χ1v) is 8.08. The zero-order chi connectivity index (χ0) is 14.5. The van der Waals surface area contributed by atoms with E-state index in [4.69, 9.17) is 5.84 Å². The molecule has 0 aliphatic heterocycles. The molecule has 0 bridgehead atoms. The highest BCUT2D eigenvalue weighted by molar-refractivity contribution is 7.98. The van der Waals surface area contributed by atoms with E-state index in [9.17, 15) is 0 Å². The van der Waals surface area contributed by atoms with E-state index in [0.29, 0.717) is 5.92 Å². The van der Waals surface area contributed by atoms with Crippen molar-refractivity contribution < 1.29 is 0 Å². The van der Waals surface area contributed by atoms with Crippen LogP contribution in [0.25, 0.3) is 0 Å². The number of nitrogens with one attached hydrogen (secondary N) is 1. The van der Waals surface area contributed by atoms with Gasteiger partial charge in [-0.25, -0.2) is 5.43 Å². The molecular formula is C17H22N2S. The van der Waals surface area contributed by atoms with Crippen molar-refractivity contribution in [1.82, 2.24) is 5.43 Å². The summed E-state index contributed by atoms with van der Waals surface area (Å²) in [5, 5.41) is 0. The lowest BCUT2D eigenvalue weighted by molar-refractivity contribution is 0.627. The fourth-order valence-corrected chi connectivity index (χ4v) is 2.98. The minimum atomic E-state index is 0.0277. The van der Waals surface area contributed by atoms with E-state index >= 15 is 0 Å². The van der Waals surface area contributed by atoms with Crippen LogP contribution in [0.2, 0.25) is 0 Å². The van der Waals surface area contributed by atoms with Crippen LogP contribution in [0.1, 0.15) is 42.5 Å². The van der Waals surface area contributed by atoms with E-state index in [-0.39, 0.29) is 6.04 Å². The normalized spacial score (nSPS) is 12.7. The van der Waals surface area contributed by atoms with Crippen LogP contribution in [-0.2, 0) is 0 Å². The Morgan fingerprint density at radius 3 is 2.10 bits per heavy atom. The number of nitrogens with two attached hydrogens (primary N) is 1. The van der Waals surface area contributed by atoms with Gasteiger partial charge < -0.3 is 0 Å². The molecule has 0 aliphatic rings. The lowest BCUT2D eigenvalue weighted by Crippen LogP contribution is -2.29. The molecule has 106 valence electrons. The first kappa shape index (κ1) is 15.1. The second-order valence-corrected chi connectivity index (χ2v) is 6.01. The second kappa shape index (κ2) is 6.93. The highest BCUT2D eigenvalue weighted by Gasteiger charge is 2.15. The zero-order valence-corrected chi connectivity index (χ0v) is 13.1. The van der Waals surface area contributed by atoms with Gasteiger partial charge in [0.15, 0.2) is 0 Å². The SMILES string of the molecule is CSc1ccccc1C(NN)c1ccc(C(C)C)cc1. The molecule has 0 aliphatic carbocycles. The van der Waals surface area contributed by atoms with Crippen LogP contribution in [0, 0.1) is 0 Å². The van der Waals surface area contributed by atoms with Gasteiger partial charge in [-0.3, -0.25) is 5.84 Å². The lowest BCUT2D eigenvalue weighted by atomic mass is 9.95. The zero-order valence-electron chi connectivity index (χ0n) is 12.3. The van der Waals surface area contributed by atoms with Crippen molar-refractivity contribution in [2.45, 2.75) is 30.7 Å². The van der Waals surface area contributed by atoms with Crippen molar-refractivity contribution in [1.29, 1.82) is 0 Å². The molecule has 0 saturated carbocycles. The van der Waals surface area contributed by atoms with Gasteiger partial charge in [-0.1, -0.05) is 56.3 Å². The van der Waals surface area contributed by atoms with Crippen LogP contribution in [0.5, 0.6) is 0 Å². The molecule has 0 aromatic heterocycles. The minimum Gasteiger partial charge on any atom is -0.271 e. The van der Waals surface area contributed by atoms with Gasteiger partial charge in [0.25, 0.3) is 0 Å². The Bertz CT molecular complexity index is 549. The number of benzene rings is 2. The average molecular weight is 286 g/mol. The first-order chi connectivity index (χ1) is 9.67. The topological polar surface area (TPSA) is 38.0 Å². The van der Waals surface area contributed by atoms with E-state index in [1.807, 2.05) is 0 Å². The molecule has 0 radical (unpaired) electrons. The van der Waals surface area contributed by atoms with Crippen molar-refractivity contribution in [2.75, 3.05) is 6.26 Å². The number of hydrogen-bond acceptors (Lipinski definition) is 3. The molecule has 20 heavy (non-hydrogen) atoms. The van der Waals surface area contributed by atoms with Gasteiger partial charge in [0.2, 0.25) is 0 Å². The summed E-state index contributed by atoms with van der Waals surface area (Å²) in [6.45, 7) is 4.41. The van der Waals surface area contributed by atoms with Gasteiger partial charge >= 0.3 is 0 Å². The van der Waals surface area contributed by atoms with Gasteiger partial charge in [0.05, 0.1) is 6.04 Å². The molecule has 0 spiro atoms. The molecule has 0 saturated heterocycles. The summed E-state index contributed by atoms with van der Waals surface area (Å²) < 4.78 is 0. The third-order valence-corrected chi connectivity index (χ3v) is 4.36. The van der Waals surface area contributed by atoms with Crippen LogP contribution in [0.3, 0.4) is 0 Å². The summed E-state index contributed by atoms with van der Waals surface area (Å²) >= 11 is 1.75. The van der Waals surface area contributed by atoms with Crippen LogP contribution >= 0.6 is 11.8 Å². The molecule has 1 atom stereocenters. The Kier molecular flexibility index (Phi) is 5.24. The van der Waals surface area contributed by atoms with Gasteiger partial charge in [-0.2, -0.15) is 0 Å². The quantitative estimate of drug-likeness (QED) is 0.494. The predicted octanol–water partition coefficient (Wildman–Crippen LogP) is 4.08. The largest absolute Gasteiger partial charge is 0.271 e. The summed E-state index contributed by atoms with van der Waals surface area (Å²) in [6, 6.07) is 17.1. The third-order valence-electron chi connectivity index (χ3n) is 3.55. The molecular weight excluding hydrogens is 264 g/mol. The van der Waals surface area contributed by atoms with Crippen molar-refractivity contribution in [3.8, 4) is 0 Å². The molecule has 0 fully saturated rings. The smallest absolute Gasteiger partial charge is 0.0720 e. The van der Waals surface area contributed by atoms with E-state index in [1.54, 1.807) is 11.8 Å². The summed E-state index contributed by atoms with van der Waals surface area (Å²) in [5.74, 6) is 6.35. The Morgan fingerprint density at radius 2 is 1.55 bits per heavy atom. The summed E-state index contributed by atoms with van der Waals surface area (Å²) in [5.41, 5.74) is 6.71. The number of hydrogen-bond donors (Lipinski definition) is 2. The van der Waals surface area contributed by atoms with E-state index < -0.39 is 0 Å². The molecule has 1 unspecified atom stereocenters. The molecule has 2 nitrogen and oxygen atoms in total. The Morgan fingerprint density at radius 1 is 0.950 bits per heavy atom. The predicted molar refractivity (Wildman–Crippen MR) is 87.9 cm³/mol. The van der Waals surface area contributed by atoms with Gasteiger partial charge in [0, 0.05) is 4.90 Å². The Hall–Kier alpha value is -1.29. The summed E-state index contributed by atoms with van der Waals surface area (Å²) in [6.07, 6.45) is 2.09. The molecule has 3 N–H and O–H groups in total. The fourth-order valence-electron chi connectivity index (χ4n) is 2.34. The van der Waals surface area contributed by atoms with E-state index in [2.05, 4.69) is 74.1 Å². The Labute approximate surface area is 125 Å². The lowest BCUT2D eigenvalue weighted by Gasteiger charge is -2.20. The molecule has 3 heteroatoms. The highest BCUT2D eigenvalue weighted by atomic mass is 32.2. The van der Waals surface area contributed by atoms with Crippen molar-refractivity contribution >= 4 is 11.8 Å². The maximum Gasteiger partial charge on any atom is 0.0720 e. The van der Waals surface area contributed by atoms with E-state index in [1.165, 1.54) is 21.6 Å².